The van der Waals surface area contributed by atoms with Crippen molar-refractivity contribution in [2.75, 3.05) is 26.7 Å². The molecule has 0 saturated carbocycles. The monoisotopic (exact) mass is 184 g/mol. The first-order chi connectivity index (χ1) is 6.24. The first-order valence-electron chi connectivity index (χ1n) is 5.16. The fourth-order valence-electron chi connectivity index (χ4n) is 1.73. The molecule has 1 fully saturated rings. The SMILES string of the molecule is CCCC(=O)CC1CNCCN1C. The van der Waals surface area contributed by atoms with Gasteiger partial charge in [0, 0.05) is 38.5 Å². The number of nitrogens with zero attached hydrogens (tertiary/aromatic N) is 1. The minimum Gasteiger partial charge on any atom is -0.314 e. The average molecular weight is 184 g/mol. The summed E-state index contributed by atoms with van der Waals surface area (Å²) >= 11 is 0. The largest absolute Gasteiger partial charge is 0.314 e. The number of carbonyl (C=O) groups excluding carboxylic acids is 1. The van der Waals surface area contributed by atoms with Crippen LogP contribution in [-0.4, -0.2) is 43.4 Å². The van der Waals surface area contributed by atoms with Crippen molar-refractivity contribution in [3.05, 3.63) is 0 Å². The van der Waals surface area contributed by atoms with Crippen molar-refractivity contribution < 1.29 is 4.79 Å². The van der Waals surface area contributed by atoms with Crippen LogP contribution in [-0.2, 0) is 4.79 Å². The van der Waals surface area contributed by atoms with Crippen molar-refractivity contribution in [3.63, 3.8) is 0 Å². The van der Waals surface area contributed by atoms with E-state index in [-0.39, 0.29) is 0 Å². The van der Waals surface area contributed by atoms with Gasteiger partial charge in [-0.3, -0.25) is 4.79 Å². The smallest absolute Gasteiger partial charge is 0.134 e. The molecule has 1 aliphatic rings. The summed E-state index contributed by atoms with van der Waals surface area (Å²) in [7, 11) is 2.10. The van der Waals surface area contributed by atoms with Crippen LogP contribution in [0.2, 0.25) is 0 Å². The number of ketones is 1. The van der Waals surface area contributed by atoms with Gasteiger partial charge in [0.2, 0.25) is 0 Å². The standard InChI is InChI=1S/C10H20N2O/c1-3-4-10(13)7-9-8-11-5-6-12(9)2/h9,11H,3-8H2,1-2H3. The summed E-state index contributed by atoms with van der Waals surface area (Å²) in [6.45, 7) is 5.13. The topological polar surface area (TPSA) is 32.3 Å². The molecule has 0 bridgehead atoms. The molecule has 1 aliphatic heterocycles. The van der Waals surface area contributed by atoms with Crippen LogP contribution in [0.4, 0.5) is 0 Å². The number of likely N-dealkylation sites (N-methyl/N-ethyl adjacent to an activating group) is 1. The predicted octanol–water partition coefficient (Wildman–Crippen LogP) is 0.649. The number of nitrogens with one attached hydrogen (secondary N) is 1. The second kappa shape index (κ2) is 5.35. The maximum atomic E-state index is 11.4. The molecule has 0 radical (unpaired) electrons. The zero-order chi connectivity index (χ0) is 9.68. The Morgan fingerprint density at radius 1 is 1.62 bits per heavy atom. The lowest BCUT2D eigenvalue weighted by Crippen LogP contribution is -2.49. The van der Waals surface area contributed by atoms with Gasteiger partial charge in [-0.05, 0) is 13.5 Å². The van der Waals surface area contributed by atoms with Crippen molar-refractivity contribution in [2.24, 2.45) is 0 Å². The van der Waals surface area contributed by atoms with Gasteiger partial charge in [-0.1, -0.05) is 6.92 Å². The molecule has 0 aromatic carbocycles. The third kappa shape index (κ3) is 3.44. The van der Waals surface area contributed by atoms with Gasteiger partial charge < -0.3 is 10.2 Å². The molecule has 1 saturated heterocycles. The van der Waals surface area contributed by atoms with Crippen molar-refractivity contribution in [2.45, 2.75) is 32.2 Å². The van der Waals surface area contributed by atoms with Gasteiger partial charge in [0.15, 0.2) is 0 Å². The van der Waals surface area contributed by atoms with E-state index < -0.39 is 0 Å². The number of carbonyl (C=O) groups is 1. The van der Waals surface area contributed by atoms with Gasteiger partial charge in [0.25, 0.3) is 0 Å². The lowest BCUT2D eigenvalue weighted by Gasteiger charge is -2.32. The Labute approximate surface area is 80.5 Å². The second-order valence-electron chi connectivity index (χ2n) is 3.83. The number of hydrogen-bond donors (Lipinski definition) is 1. The van der Waals surface area contributed by atoms with E-state index in [1.165, 1.54) is 0 Å². The van der Waals surface area contributed by atoms with E-state index in [1.54, 1.807) is 0 Å². The Hall–Kier alpha value is -0.410. The minimum atomic E-state index is 0.406. The number of piperazine rings is 1. The molecular formula is C10H20N2O. The van der Waals surface area contributed by atoms with Crippen LogP contribution < -0.4 is 5.32 Å². The number of rotatable bonds is 4. The molecule has 76 valence electrons. The Morgan fingerprint density at radius 3 is 3.00 bits per heavy atom. The Kier molecular flexibility index (Phi) is 4.39. The maximum absolute atomic E-state index is 11.4. The summed E-state index contributed by atoms with van der Waals surface area (Å²) in [6.07, 6.45) is 2.43. The summed E-state index contributed by atoms with van der Waals surface area (Å²) < 4.78 is 0. The highest BCUT2D eigenvalue weighted by Crippen LogP contribution is 2.07. The van der Waals surface area contributed by atoms with Gasteiger partial charge in [-0.15, -0.1) is 0 Å². The van der Waals surface area contributed by atoms with Gasteiger partial charge in [0.1, 0.15) is 5.78 Å². The first kappa shape index (κ1) is 10.7. The van der Waals surface area contributed by atoms with Crippen LogP contribution in [0, 0.1) is 0 Å². The van der Waals surface area contributed by atoms with Crippen molar-refractivity contribution in [1.29, 1.82) is 0 Å². The maximum Gasteiger partial charge on any atom is 0.134 e. The Balaban J connectivity index is 2.29. The lowest BCUT2D eigenvalue weighted by atomic mass is 10.0. The molecule has 13 heavy (non-hydrogen) atoms. The molecule has 1 unspecified atom stereocenters. The number of Topliss-reactive ketones (excluding diaryl/α,β-unsaturated/α-hetero) is 1. The van der Waals surface area contributed by atoms with Crippen molar-refractivity contribution in [3.8, 4) is 0 Å². The van der Waals surface area contributed by atoms with E-state index in [0.717, 1.165) is 38.9 Å². The molecule has 3 heteroatoms. The highest BCUT2D eigenvalue weighted by Gasteiger charge is 2.20. The van der Waals surface area contributed by atoms with Gasteiger partial charge in [-0.2, -0.15) is 0 Å². The second-order valence-corrected chi connectivity index (χ2v) is 3.83. The quantitative estimate of drug-likeness (QED) is 0.696. The zero-order valence-electron chi connectivity index (χ0n) is 8.68. The van der Waals surface area contributed by atoms with Crippen molar-refractivity contribution in [1.82, 2.24) is 10.2 Å². The highest BCUT2D eigenvalue weighted by molar-refractivity contribution is 5.78. The zero-order valence-corrected chi connectivity index (χ0v) is 8.68. The Bertz CT molecular complexity index is 170. The third-order valence-corrected chi connectivity index (χ3v) is 2.64. The van der Waals surface area contributed by atoms with Gasteiger partial charge in [0.05, 0.1) is 0 Å². The summed E-state index contributed by atoms with van der Waals surface area (Å²) in [6, 6.07) is 0.424. The van der Waals surface area contributed by atoms with Crippen LogP contribution in [0.1, 0.15) is 26.2 Å². The molecule has 3 nitrogen and oxygen atoms in total. The van der Waals surface area contributed by atoms with Gasteiger partial charge >= 0.3 is 0 Å². The molecule has 1 rings (SSSR count). The fourth-order valence-corrected chi connectivity index (χ4v) is 1.73. The van der Waals surface area contributed by atoms with Crippen LogP contribution in [0.15, 0.2) is 0 Å². The normalized spacial score (nSPS) is 24.6. The van der Waals surface area contributed by atoms with Crippen LogP contribution in [0.25, 0.3) is 0 Å². The molecule has 0 aromatic rings. The van der Waals surface area contributed by atoms with Crippen LogP contribution in [0.5, 0.6) is 0 Å². The molecule has 0 spiro atoms. The predicted molar refractivity (Wildman–Crippen MR) is 53.8 cm³/mol. The van der Waals surface area contributed by atoms with Crippen LogP contribution in [0.3, 0.4) is 0 Å². The summed E-state index contributed by atoms with van der Waals surface area (Å²) in [5.41, 5.74) is 0. The van der Waals surface area contributed by atoms with E-state index >= 15 is 0 Å². The van der Waals surface area contributed by atoms with E-state index in [9.17, 15) is 4.79 Å². The van der Waals surface area contributed by atoms with Crippen LogP contribution >= 0.6 is 0 Å². The lowest BCUT2D eigenvalue weighted by molar-refractivity contribution is -0.120. The molecule has 0 aromatic heterocycles. The summed E-state index contributed by atoms with van der Waals surface area (Å²) in [4.78, 5) is 13.7. The first-order valence-corrected chi connectivity index (χ1v) is 5.16. The minimum absolute atomic E-state index is 0.406. The van der Waals surface area contributed by atoms with E-state index in [0.29, 0.717) is 11.8 Å². The molecule has 0 aliphatic carbocycles. The van der Waals surface area contributed by atoms with Crippen molar-refractivity contribution >= 4 is 5.78 Å². The molecule has 1 N–H and O–H groups in total. The third-order valence-electron chi connectivity index (χ3n) is 2.64. The molecule has 1 atom stereocenters. The van der Waals surface area contributed by atoms with Gasteiger partial charge in [-0.25, -0.2) is 0 Å². The van der Waals surface area contributed by atoms with E-state index in [4.69, 9.17) is 0 Å². The summed E-state index contributed by atoms with van der Waals surface area (Å²) in [5.74, 6) is 0.406. The average Bonchev–Trinajstić information content (AvgIpc) is 2.09. The molecule has 1 heterocycles. The highest BCUT2D eigenvalue weighted by atomic mass is 16.1. The van der Waals surface area contributed by atoms with E-state index in [2.05, 4.69) is 24.2 Å². The Morgan fingerprint density at radius 2 is 2.38 bits per heavy atom. The molecular weight excluding hydrogens is 164 g/mol. The summed E-state index contributed by atoms with van der Waals surface area (Å²) in [5, 5.41) is 3.32. The fraction of sp³-hybridized carbons (Fsp3) is 0.900. The van der Waals surface area contributed by atoms with E-state index in [1.807, 2.05) is 0 Å². The molecule has 0 amide bonds. The number of hydrogen-bond acceptors (Lipinski definition) is 3.